The van der Waals surface area contributed by atoms with Crippen molar-refractivity contribution < 1.29 is 14.5 Å². The van der Waals surface area contributed by atoms with Crippen LogP contribution in [-0.4, -0.2) is 23.5 Å². The van der Waals surface area contributed by atoms with Crippen molar-refractivity contribution in [3.63, 3.8) is 0 Å². The minimum atomic E-state index is -0.483. The van der Waals surface area contributed by atoms with Gasteiger partial charge in [-0.2, -0.15) is 0 Å². The predicted molar refractivity (Wildman–Crippen MR) is 59.8 cm³/mol. The van der Waals surface area contributed by atoms with Crippen molar-refractivity contribution in [2.24, 2.45) is 0 Å². The molecule has 0 spiro atoms. The summed E-state index contributed by atoms with van der Waals surface area (Å²) in [5.74, 6) is 0.285. The number of carbonyl (C=O) groups excluding carboxylic acids is 1. The Morgan fingerprint density at radius 3 is 2.59 bits per heavy atom. The third-order valence-corrected chi connectivity index (χ3v) is 2.36. The molecule has 17 heavy (non-hydrogen) atoms. The molecule has 0 unspecified atom stereocenters. The van der Waals surface area contributed by atoms with Gasteiger partial charge in [0.2, 0.25) is 0 Å². The second-order valence-electron chi connectivity index (χ2n) is 3.88. The summed E-state index contributed by atoms with van der Waals surface area (Å²) in [7, 11) is 0. The highest BCUT2D eigenvalue weighted by atomic mass is 16.6. The number of amides is 1. The molecule has 1 aliphatic carbocycles. The van der Waals surface area contributed by atoms with Crippen LogP contribution in [-0.2, 0) is 4.79 Å². The molecular weight excluding hydrogens is 224 g/mol. The molecule has 0 heterocycles. The average molecular weight is 236 g/mol. The zero-order valence-electron chi connectivity index (χ0n) is 9.09. The van der Waals surface area contributed by atoms with Crippen LogP contribution in [0.3, 0.4) is 0 Å². The topological polar surface area (TPSA) is 81.5 Å². The van der Waals surface area contributed by atoms with E-state index in [9.17, 15) is 14.9 Å². The van der Waals surface area contributed by atoms with E-state index in [0.29, 0.717) is 11.8 Å². The molecule has 0 saturated heterocycles. The highest BCUT2D eigenvalue weighted by Gasteiger charge is 2.23. The molecule has 2 rings (SSSR count). The average Bonchev–Trinajstić information content (AvgIpc) is 3.11. The molecule has 1 aliphatic rings. The van der Waals surface area contributed by atoms with Gasteiger partial charge in [-0.3, -0.25) is 14.9 Å². The molecule has 6 heteroatoms. The summed E-state index contributed by atoms with van der Waals surface area (Å²) in [4.78, 5) is 21.2. The number of non-ortho nitro benzene ring substituents is 1. The second-order valence-corrected chi connectivity index (χ2v) is 3.88. The first-order chi connectivity index (χ1) is 8.15. The molecule has 0 aromatic heterocycles. The van der Waals surface area contributed by atoms with Gasteiger partial charge in [-0.1, -0.05) is 0 Å². The van der Waals surface area contributed by atoms with Crippen LogP contribution in [0.15, 0.2) is 24.3 Å². The standard InChI is InChI=1S/C11H12N2O4/c14-11(12-8-1-2-8)7-17-10-5-3-9(4-6-10)13(15)16/h3-6,8H,1-2,7H2,(H,12,14). The van der Waals surface area contributed by atoms with E-state index in [0.717, 1.165) is 12.8 Å². The van der Waals surface area contributed by atoms with Gasteiger partial charge in [-0.05, 0) is 25.0 Å². The Balaban J connectivity index is 1.81. The number of hydrogen-bond acceptors (Lipinski definition) is 4. The molecule has 1 fully saturated rings. The fourth-order valence-corrected chi connectivity index (χ4v) is 1.31. The molecule has 1 N–H and O–H groups in total. The number of rotatable bonds is 5. The van der Waals surface area contributed by atoms with Crippen molar-refractivity contribution in [2.75, 3.05) is 6.61 Å². The van der Waals surface area contributed by atoms with Crippen molar-refractivity contribution in [2.45, 2.75) is 18.9 Å². The van der Waals surface area contributed by atoms with Gasteiger partial charge in [0.15, 0.2) is 6.61 Å². The van der Waals surface area contributed by atoms with Crippen molar-refractivity contribution in [1.29, 1.82) is 0 Å². The highest BCUT2D eigenvalue weighted by Crippen LogP contribution is 2.19. The summed E-state index contributed by atoms with van der Waals surface area (Å²) in [5, 5.41) is 13.2. The van der Waals surface area contributed by atoms with E-state index in [2.05, 4.69) is 5.32 Å². The number of nitrogens with zero attached hydrogens (tertiary/aromatic N) is 1. The van der Waals surface area contributed by atoms with E-state index in [1.54, 1.807) is 0 Å². The van der Waals surface area contributed by atoms with Crippen LogP contribution in [0, 0.1) is 10.1 Å². The van der Waals surface area contributed by atoms with Crippen molar-refractivity contribution >= 4 is 11.6 Å². The first-order valence-corrected chi connectivity index (χ1v) is 5.32. The number of nitrogens with one attached hydrogen (secondary N) is 1. The molecule has 1 amide bonds. The minimum Gasteiger partial charge on any atom is -0.484 e. The van der Waals surface area contributed by atoms with Crippen LogP contribution in [0.2, 0.25) is 0 Å². The maximum Gasteiger partial charge on any atom is 0.269 e. The quantitative estimate of drug-likeness (QED) is 0.616. The van der Waals surface area contributed by atoms with E-state index < -0.39 is 4.92 Å². The molecule has 0 bridgehead atoms. The minimum absolute atomic E-state index is 0.000202. The van der Waals surface area contributed by atoms with Crippen LogP contribution < -0.4 is 10.1 Å². The van der Waals surface area contributed by atoms with Crippen molar-refractivity contribution in [3.8, 4) is 5.75 Å². The Kier molecular flexibility index (Phi) is 3.22. The van der Waals surface area contributed by atoms with Gasteiger partial charge in [-0.25, -0.2) is 0 Å². The molecule has 6 nitrogen and oxygen atoms in total. The lowest BCUT2D eigenvalue weighted by Crippen LogP contribution is -2.30. The third-order valence-electron chi connectivity index (χ3n) is 2.36. The lowest BCUT2D eigenvalue weighted by Gasteiger charge is -2.06. The first-order valence-electron chi connectivity index (χ1n) is 5.32. The first kappa shape index (κ1) is 11.4. The van der Waals surface area contributed by atoms with Gasteiger partial charge in [-0.15, -0.1) is 0 Å². The summed E-state index contributed by atoms with van der Waals surface area (Å²) < 4.78 is 5.20. The van der Waals surface area contributed by atoms with Gasteiger partial charge in [0.25, 0.3) is 11.6 Å². The molecule has 1 saturated carbocycles. The number of benzene rings is 1. The predicted octanol–water partition coefficient (Wildman–Crippen LogP) is 1.25. The summed E-state index contributed by atoms with van der Waals surface area (Å²) in [5.41, 5.74) is -0.000202. The fraction of sp³-hybridized carbons (Fsp3) is 0.364. The molecule has 0 atom stereocenters. The number of ether oxygens (including phenoxy) is 1. The Morgan fingerprint density at radius 1 is 1.41 bits per heavy atom. The van der Waals surface area contributed by atoms with Crippen LogP contribution in [0.5, 0.6) is 5.75 Å². The summed E-state index contributed by atoms with van der Waals surface area (Å²) in [6.07, 6.45) is 2.06. The van der Waals surface area contributed by atoms with Gasteiger partial charge < -0.3 is 10.1 Å². The lowest BCUT2D eigenvalue weighted by molar-refractivity contribution is -0.384. The Morgan fingerprint density at radius 2 is 2.06 bits per heavy atom. The lowest BCUT2D eigenvalue weighted by atomic mass is 10.3. The molecule has 1 aromatic carbocycles. The second kappa shape index (κ2) is 4.82. The maximum absolute atomic E-state index is 11.3. The van der Waals surface area contributed by atoms with Gasteiger partial charge in [0.05, 0.1) is 4.92 Å². The SMILES string of the molecule is O=C(COc1ccc([N+](=O)[O-])cc1)NC1CC1. The number of hydrogen-bond donors (Lipinski definition) is 1. The highest BCUT2D eigenvalue weighted by molar-refractivity contribution is 5.78. The van der Waals surface area contributed by atoms with E-state index in [-0.39, 0.29) is 18.2 Å². The fourth-order valence-electron chi connectivity index (χ4n) is 1.31. The Labute approximate surface area is 97.7 Å². The normalized spacial score (nSPS) is 14.1. The van der Waals surface area contributed by atoms with Crippen LogP contribution >= 0.6 is 0 Å². The number of nitro groups is 1. The van der Waals surface area contributed by atoms with E-state index in [1.807, 2.05) is 0 Å². The summed E-state index contributed by atoms with van der Waals surface area (Å²) in [6.45, 7) is -0.0612. The van der Waals surface area contributed by atoms with E-state index >= 15 is 0 Å². The van der Waals surface area contributed by atoms with E-state index in [4.69, 9.17) is 4.74 Å². The summed E-state index contributed by atoms with van der Waals surface area (Å²) >= 11 is 0. The van der Waals surface area contributed by atoms with Gasteiger partial charge in [0, 0.05) is 18.2 Å². The van der Waals surface area contributed by atoms with Crippen molar-refractivity contribution in [1.82, 2.24) is 5.32 Å². The zero-order valence-corrected chi connectivity index (χ0v) is 9.09. The number of carbonyl (C=O) groups is 1. The molecule has 0 aliphatic heterocycles. The number of nitro benzene ring substituents is 1. The molecule has 90 valence electrons. The third kappa shape index (κ3) is 3.44. The van der Waals surface area contributed by atoms with Crippen LogP contribution in [0.4, 0.5) is 5.69 Å². The Bertz CT molecular complexity index is 426. The van der Waals surface area contributed by atoms with Crippen molar-refractivity contribution in [3.05, 3.63) is 34.4 Å². The van der Waals surface area contributed by atoms with Gasteiger partial charge in [0.1, 0.15) is 5.75 Å². The van der Waals surface area contributed by atoms with Crippen LogP contribution in [0.1, 0.15) is 12.8 Å². The monoisotopic (exact) mass is 236 g/mol. The largest absolute Gasteiger partial charge is 0.484 e. The maximum atomic E-state index is 11.3. The zero-order chi connectivity index (χ0) is 12.3. The molecule has 1 aromatic rings. The Hall–Kier alpha value is -2.11. The van der Waals surface area contributed by atoms with Crippen LogP contribution in [0.25, 0.3) is 0 Å². The smallest absolute Gasteiger partial charge is 0.269 e. The summed E-state index contributed by atoms with van der Waals surface area (Å²) in [6, 6.07) is 5.94. The molecule has 0 radical (unpaired) electrons. The van der Waals surface area contributed by atoms with Gasteiger partial charge >= 0.3 is 0 Å². The molecular formula is C11H12N2O4. The van der Waals surface area contributed by atoms with E-state index in [1.165, 1.54) is 24.3 Å².